The Kier molecular flexibility index (Phi) is 4.87. The van der Waals surface area contributed by atoms with Crippen molar-refractivity contribution in [1.29, 1.82) is 0 Å². The minimum atomic E-state index is -0.593. The predicted molar refractivity (Wildman–Crippen MR) is 71.3 cm³/mol. The Morgan fingerprint density at radius 2 is 2.06 bits per heavy atom. The van der Waals surface area contributed by atoms with Crippen LogP contribution in [0, 0.1) is 0 Å². The van der Waals surface area contributed by atoms with Crippen LogP contribution < -0.4 is 0 Å². The third-order valence-electron chi connectivity index (χ3n) is 2.07. The van der Waals surface area contributed by atoms with Crippen molar-refractivity contribution in [2.75, 3.05) is 13.2 Å². The van der Waals surface area contributed by atoms with Crippen molar-refractivity contribution in [2.24, 2.45) is 0 Å². The number of nitrogens with zero attached hydrogens (tertiary/aromatic N) is 2. The van der Waals surface area contributed by atoms with Gasteiger partial charge in [-0.1, -0.05) is 5.16 Å². The highest BCUT2D eigenvalue weighted by Gasteiger charge is 2.20. The van der Waals surface area contributed by atoms with Crippen molar-refractivity contribution in [3.63, 3.8) is 0 Å². The Labute approximate surface area is 117 Å². The first-order valence-corrected chi connectivity index (χ1v) is 7.18. The van der Waals surface area contributed by atoms with Crippen LogP contribution >= 0.6 is 27.3 Å². The summed E-state index contributed by atoms with van der Waals surface area (Å²) in [6.45, 7) is 4.82. The molecule has 0 amide bonds. The van der Waals surface area contributed by atoms with Crippen molar-refractivity contribution in [1.82, 2.24) is 10.1 Å². The van der Waals surface area contributed by atoms with E-state index in [0.717, 1.165) is 8.66 Å². The fraction of sp³-hybridized carbons (Fsp3) is 0.455. The van der Waals surface area contributed by atoms with E-state index in [4.69, 9.17) is 14.0 Å². The van der Waals surface area contributed by atoms with Gasteiger partial charge in [0.05, 0.1) is 8.66 Å². The normalized spacial score (nSPS) is 11.3. The highest BCUT2D eigenvalue weighted by molar-refractivity contribution is 9.11. The summed E-state index contributed by atoms with van der Waals surface area (Å²) in [5.41, 5.74) is 0. The highest BCUT2D eigenvalue weighted by atomic mass is 79.9. The number of thiophene rings is 1. The zero-order valence-corrected chi connectivity index (χ0v) is 12.5. The van der Waals surface area contributed by atoms with Crippen LogP contribution in [0.15, 0.2) is 20.4 Å². The van der Waals surface area contributed by atoms with Gasteiger partial charge in [0.25, 0.3) is 5.89 Å². The van der Waals surface area contributed by atoms with Crippen LogP contribution in [-0.2, 0) is 9.47 Å². The number of aromatic nitrogens is 2. The van der Waals surface area contributed by atoms with Gasteiger partial charge in [-0.05, 0) is 41.9 Å². The monoisotopic (exact) mass is 332 g/mol. The topological polar surface area (TPSA) is 57.4 Å². The molecule has 0 N–H and O–H groups in total. The van der Waals surface area contributed by atoms with Gasteiger partial charge < -0.3 is 14.0 Å². The lowest BCUT2D eigenvalue weighted by atomic mass is 10.4. The van der Waals surface area contributed by atoms with Gasteiger partial charge in [-0.15, -0.1) is 11.3 Å². The maximum absolute atomic E-state index is 5.40. The standard InChI is InChI=1S/C11H13BrN2O3S/c1-3-15-11(16-4-2)10-13-9(14-17-10)7-5-6-8(12)18-7/h5-6,11H,3-4H2,1-2H3. The van der Waals surface area contributed by atoms with Crippen LogP contribution in [0.1, 0.15) is 26.0 Å². The zero-order chi connectivity index (χ0) is 13.0. The predicted octanol–water partition coefficient (Wildman–Crippen LogP) is 3.63. The molecule has 0 fully saturated rings. The minimum absolute atomic E-state index is 0.346. The van der Waals surface area contributed by atoms with Gasteiger partial charge in [-0.3, -0.25) is 0 Å². The van der Waals surface area contributed by atoms with E-state index >= 15 is 0 Å². The molecule has 0 radical (unpaired) electrons. The molecule has 0 aliphatic carbocycles. The van der Waals surface area contributed by atoms with E-state index in [-0.39, 0.29) is 0 Å². The van der Waals surface area contributed by atoms with Crippen LogP contribution in [0.4, 0.5) is 0 Å². The smallest absolute Gasteiger partial charge is 0.283 e. The van der Waals surface area contributed by atoms with Crippen molar-refractivity contribution in [3.05, 3.63) is 21.8 Å². The third-order valence-corrected chi connectivity index (χ3v) is 3.69. The van der Waals surface area contributed by atoms with Crippen LogP contribution in [0.3, 0.4) is 0 Å². The second-order valence-electron chi connectivity index (χ2n) is 3.30. The van der Waals surface area contributed by atoms with Crippen molar-refractivity contribution < 1.29 is 14.0 Å². The van der Waals surface area contributed by atoms with E-state index in [1.807, 2.05) is 26.0 Å². The van der Waals surface area contributed by atoms with E-state index in [1.165, 1.54) is 0 Å². The Hall–Kier alpha value is -0.760. The van der Waals surface area contributed by atoms with Crippen LogP contribution in [0.2, 0.25) is 0 Å². The molecule has 18 heavy (non-hydrogen) atoms. The van der Waals surface area contributed by atoms with Gasteiger partial charge in [0, 0.05) is 13.2 Å². The number of ether oxygens (including phenoxy) is 2. The van der Waals surface area contributed by atoms with Gasteiger partial charge in [-0.25, -0.2) is 0 Å². The van der Waals surface area contributed by atoms with E-state index in [2.05, 4.69) is 26.1 Å². The number of hydrogen-bond donors (Lipinski definition) is 0. The summed E-state index contributed by atoms with van der Waals surface area (Å²) in [4.78, 5) is 5.23. The fourth-order valence-electron chi connectivity index (χ4n) is 1.36. The van der Waals surface area contributed by atoms with Gasteiger partial charge >= 0.3 is 0 Å². The van der Waals surface area contributed by atoms with E-state index in [0.29, 0.717) is 24.9 Å². The molecule has 0 aromatic carbocycles. The molecule has 98 valence electrons. The fourth-order valence-corrected chi connectivity index (χ4v) is 2.67. The SMILES string of the molecule is CCOC(OCC)c1nc(-c2ccc(Br)s2)no1. The molecule has 0 unspecified atom stereocenters. The van der Waals surface area contributed by atoms with E-state index in [9.17, 15) is 0 Å². The minimum Gasteiger partial charge on any atom is -0.345 e. The number of halogens is 1. The molecule has 0 spiro atoms. The first-order valence-electron chi connectivity index (χ1n) is 5.57. The van der Waals surface area contributed by atoms with Crippen molar-refractivity contribution in [2.45, 2.75) is 20.1 Å². The number of rotatable bonds is 6. The first kappa shape index (κ1) is 13.7. The molecule has 0 bridgehead atoms. The lowest BCUT2D eigenvalue weighted by molar-refractivity contribution is -0.155. The lowest BCUT2D eigenvalue weighted by Crippen LogP contribution is -2.09. The van der Waals surface area contributed by atoms with Crippen molar-refractivity contribution >= 4 is 27.3 Å². The Morgan fingerprint density at radius 1 is 1.33 bits per heavy atom. The molecule has 5 nitrogen and oxygen atoms in total. The van der Waals surface area contributed by atoms with Gasteiger partial charge in [-0.2, -0.15) is 4.98 Å². The van der Waals surface area contributed by atoms with Crippen LogP contribution in [-0.4, -0.2) is 23.4 Å². The average Bonchev–Trinajstić information content (AvgIpc) is 2.97. The second-order valence-corrected chi connectivity index (χ2v) is 5.77. The Balaban J connectivity index is 2.18. The molecule has 0 aliphatic heterocycles. The molecule has 0 atom stereocenters. The molecule has 0 saturated heterocycles. The molecule has 2 aromatic heterocycles. The maximum Gasteiger partial charge on any atom is 0.283 e. The summed E-state index contributed by atoms with van der Waals surface area (Å²) >= 11 is 4.94. The van der Waals surface area contributed by atoms with Crippen LogP contribution in [0.5, 0.6) is 0 Å². The molecule has 2 aromatic rings. The lowest BCUT2D eigenvalue weighted by Gasteiger charge is -2.11. The summed E-state index contributed by atoms with van der Waals surface area (Å²) in [5, 5.41) is 3.93. The summed E-state index contributed by atoms with van der Waals surface area (Å²) < 4.78 is 17.0. The van der Waals surface area contributed by atoms with Crippen molar-refractivity contribution in [3.8, 4) is 10.7 Å². The molecule has 7 heteroatoms. The van der Waals surface area contributed by atoms with Gasteiger partial charge in [0.2, 0.25) is 12.1 Å². The van der Waals surface area contributed by atoms with Crippen LogP contribution in [0.25, 0.3) is 10.7 Å². The average molecular weight is 333 g/mol. The summed E-state index contributed by atoms with van der Waals surface area (Å²) in [5.74, 6) is 0.892. The summed E-state index contributed by atoms with van der Waals surface area (Å²) in [6, 6.07) is 3.87. The summed E-state index contributed by atoms with van der Waals surface area (Å²) in [6.07, 6.45) is -0.593. The molecule has 0 aliphatic rings. The van der Waals surface area contributed by atoms with Gasteiger partial charge in [0.1, 0.15) is 0 Å². The third kappa shape index (κ3) is 3.17. The largest absolute Gasteiger partial charge is 0.345 e. The molecule has 2 heterocycles. The second kappa shape index (κ2) is 6.42. The first-order chi connectivity index (χ1) is 8.74. The zero-order valence-electron chi connectivity index (χ0n) is 10.1. The van der Waals surface area contributed by atoms with Gasteiger partial charge in [0.15, 0.2) is 0 Å². The Bertz CT molecular complexity index is 494. The summed E-state index contributed by atoms with van der Waals surface area (Å²) in [7, 11) is 0. The highest BCUT2D eigenvalue weighted by Crippen LogP contribution is 2.30. The van der Waals surface area contributed by atoms with E-state index < -0.39 is 6.29 Å². The quantitative estimate of drug-likeness (QED) is 0.756. The molecule has 0 saturated carbocycles. The molecular weight excluding hydrogens is 320 g/mol. The number of hydrogen-bond acceptors (Lipinski definition) is 6. The molecular formula is C11H13BrN2O3S. The maximum atomic E-state index is 5.40. The van der Waals surface area contributed by atoms with E-state index in [1.54, 1.807) is 11.3 Å². The molecule has 2 rings (SSSR count). The Morgan fingerprint density at radius 3 is 2.61 bits per heavy atom.